The van der Waals surface area contributed by atoms with Gasteiger partial charge in [0.05, 0.1) is 24.1 Å². The zero-order valence-corrected chi connectivity index (χ0v) is 13.6. The maximum absolute atomic E-state index is 11.7. The zero-order chi connectivity index (χ0) is 17.2. The molecule has 0 fully saturated rings. The molecule has 0 radical (unpaired) electrons. The van der Waals surface area contributed by atoms with Crippen molar-refractivity contribution >= 4 is 17.0 Å². The van der Waals surface area contributed by atoms with E-state index in [1.165, 1.54) is 0 Å². The van der Waals surface area contributed by atoms with E-state index in [9.17, 15) is 4.79 Å². The summed E-state index contributed by atoms with van der Waals surface area (Å²) in [5.41, 5.74) is 4.32. The molecule has 0 amide bonds. The minimum absolute atomic E-state index is 0.318. The lowest BCUT2D eigenvalue weighted by Gasteiger charge is -2.04. The zero-order valence-electron chi connectivity index (χ0n) is 13.6. The van der Waals surface area contributed by atoms with E-state index in [0.717, 1.165) is 27.8 Å². The van der Waals surface area contributed by atoms with Gasteiger partial charge in [0.15, 0.2) is 0 Å². The molecule has 0 atom stereocenters. The fraction of sp³-hybridized carbons (Fsp3) is 0.105. The van der Waals surface area contributed by atoms with Crippen LogP contribution in [0.1, 0.15) is 17.3 Å². The fourth-order valence-corrected chi connectivity index (χ4v) is 2.78. The predicted octanol–water partition coefficient (Wildman–Crippen LogP) is 3.59. The lowest BCUT2D eigenvalue weighted by Crippen LogP contribution is -2.04. The number of fused-ring (bicyclic) bond motifs is 1. The number of hydrogen-bond acceptors (Lipinski definition) is 4. The molecule has 124 valence electrons. The van der Waals surface area contributed by atoms with Crippen molar-refractivity contribution in [3.63, 3.8) is 0 Å². The van der Waals surface area contributed by atoms with E-state index in [1.54, 1.807) is 29.9 Å². The SMILES string of the molecule is CCOC(=O)c1ccc(-n2cc(-c3ccnc4[nH]ccc34)cn2)cc1. The van der Waals surface area contributed by atoms with Crippen LogP contribution < -0.4 is 0 Å². The van der Waals surface area contributed by atoms with Crippen molar-refractivity contribution in [2.45, 2.75) is 6.92 Å². The highest BCUT2D eigenvalue weighted by atomic mass is 16.5. The monoisotopic (exact) mass is 332 g/mol. The van der Waals surface area contributed by atoms with Gasteiger partial charge in [-0.3, -0.25) is 0 Å². The van der Waals surface area contributed by atoms with Crippen LogP contribution in [0.4, 0.5) is 0 Å². The van der Waals surface area contributed by atoms with Gasteiger partial charge < -0.3 is 9.72 Å². The van der Waals surface area contributed by atoms with Crippen molar-refractivity contribution in [2.75, 3.05) is 6.61 Å². The van der Waals surface area contributed by atoms with E-state index in [1.807, 2.05) is 42.9 Å². The van der Waals surface area contributed by atoms with Gasteiger partial charge in [0.1, 0.15) is 5.65 Å². The van der Waals surface area contributed by atoms with E-state index in [2.05, 4.69) is 15.1 Å². The van der Waals surface area contributed by atoms with Crippen LogP contribution in [0, 0.1) is 0 Å². The summed E-state index contributed by atoms with van der Waals surface area (Å²) in [5.74, 6) is -0.318. The third-order valence-electron chi connectivity index (χ3n) is 4.00. The molecule has 1 aromatic carbocycles. The van der Waals surface area contributed by atoms with E-state index < -0.39 is 0 Å². The summed E-state index contributed by atoms with van der Waals surface area (Å²) in [5, 5.41) is 5.49. The molecule has 0 unspecified atom stereocenters. The van der Waals surface area contributed by atoms with Crippen LogP contribution in [0.2, 0.25) is 0 Å². The van der Waals surface area contributed by atoms with Gasteiger partial charge in [0.2, 0.25) is 0 Å². The van der Waals surface area contributed by atoms with Gasteiger partial charge in [-0.2, -0.15) is 5.10 Å². The number of ether oxygens (including phenoxy) is 1. The molecule has 3 aromatic heterocycles. The average molecular weight is 332 g/mol. The maximum Gasteiger partial charge on any atom is 0.338 e. The Morgan fingerprint density at radius 2 is 2.04 bits per heavy atom. The number of hydrogen-bond donors (Lipinski definition) is 1. The number of benzene rings is 1. The van der Waals surface area contributed by atoms with Gasteiger partial charge in [-0.15, -0.1) is 0 Å². The number of carbonyl (C=O) groups excluding carboxylic acids is 1. The number of aromatic nitrogens is 4. The van der Waals surface area contributed by atoms with Crippen molar-refractivity contribution in [1.82, 2.24) is 19.7 Å². The lowest BCUT2D eigenvalue weighted by molar-refractivity contribution is 0.0526. The summed E-state index contributed by atoms with van der Waals surface area (Å²) in [6, 6.07) is 11.2. The molecule has 0 aliphatic carbocycles. The highest BCUT2D eigenvalue weighted by Gasteiger charge is 2.10. The van der Waals surface area contributed by atoms with E-state index in [-0.39, 0.29) is 5.97 Å². The molecular weight excluding hydrogens is 316 g/mol. The Labute approximate surface area is 144 Å². The molecule has 1 N–H and O–H groups in total. The van der Waals surface area contributed by atoms with Gasteiger partial charge in [0, 0.05) is 29.5 Å². The van der Waals surface area contributed by atoms with Crippen molar-refractivity contribution in [1.29, 1.82) is 0 Å². The van der Waals surface area contributed by atoms with Crippen LogP contribution in [0.15, 0.2) is 61.2 Å². The Kier molecular flexibility index (Phi) is 3.78. The summed E-state index contributed by atoms with van der Waals surface area (Å²) in [7, 11) is 0. The summed E-state index contributed by atoms with van der Waals surface area (Å²) in [6.07, 6.45) is 7.43. The van der Waals surface area contributed by atoms with Gasteiger partial charge in [-0.05, 0) is 48.9 Å². The number of pyridine rings is 1. The molecular formula is C19H16N4O2. The van der Waals surface area contributed by atoms with E-state index in [0.29, 0.717) is 12.2 Å². The second-order valence-corrected chi connectivity index (χ2v) is 5.54. The Balaban J connectivity index is 1.65. The Morgan fingerprint density at radius 1 is 1.20 bits per heavy atom. The van der Waals surface area contributed by atoms with Crippen LogP contribution in [-0.2, 0) is 4.74 Å². The van der Waals surface area contributed by atoms with Gasteiger partial charge in [-0.25, -0.2) is 14.5 Å². The van der Waals surface area contributed by atoms with Crippen molar-refractivity contribution in [3.8, 4) is 16.8 Å². The quantitative estimate of drug-likeness (QED) is 0.580. The molecule has 0 bridgehead atoms. The van der Waals surface area contributed by atoms with Gasteiger partial charge >= 0.3 is 5.97 Å². The minimum Gasteiger partial charge on any atom is -0.462 e. The molecule has 4 aromatic rings. The molecule has 6 nitrogen and oxygen atoms in total. The molecule has 0 spiro atoms. The first-order valence-electron chi connectivity index (χ1n) is 8.01. The fourth-order valence-electron chi connectivity index (χ4n) is 2.78. The number of carbonyl (C=O) groups is 1. The summed E-state index contributed by atoms with van der Waals surface area (Å²) in [4.78, 5) is 19.1. The normalized spacial score (nSPS) is 10.9. The predicted molar refractivity (Wildman–Crippen MR) is 94.6 cm³/mol. The third-order valence-corrected chi connectivity index (χ3v) is 4.00. The number of esters is 1. The number of H-pyrrole nitrogens is 1. The molecule has 0 aliphatic heterocycles. The van der Waals surface area contributed by atoms with Gasteiger partial charge in [0.25, 0.3) is 0 Å². The topological polar surface area (TPSA) is 72.8 Å². The average Bonchev–Trinajstić information content (AvgIpc) is 3.31. The molecule has 0 aliphatic rings. The van der Waals surface area contributed by atoms with Crippen LogP contribution in [0.25, 0.3) is 27.8 Å². The lowest BCUT2D eigenvalue weighted by atomic mass is 10.1. The van der Waals surface area contributed by atoms with Crippen molar-refractivity contribution in [3.05, 3.63) is 66.7 Å². The number of rotatable bonds is 4. The molecule has 25 heavy (non-hydrogen) atoms. The second-order valence-electron chi connectivity index (χ2n) is 5.54. The first-order chi connectivity index (χ1) is 12.3. The van der Waals surface area contributed by atoms with Gasteiger partial charge in [-0.1, -0.05) is 0 Å². The van der Waals surface area contributed by atoms with Crippen LogP contribution in [-0.4, -0.2) is 32.3 Å². The second kappa shape index (κ2) is 6.24. The molecule has 4 rings (SSSR count). The Morgan fingerprint density at radius 3 is 2.84 bits per heavy atom. The van der Waals surface area contributed by atoms with Crippen molar-refractivity contribution < 1.29 is 9.53 Å². The summed E-state index contributed by atoms with van der Waals surface area (Å²) >= 11 is 0. The first-order valence-corrected chi connectivity index (χ1v) is 8.01. The summed E-state index contributed by atoms with van der Waals surface area (Å²) < 4.78 is 6.78. The molecule has 3 heterocycles. The van der Waals surface area contributed by atoms with Crippen molar-refractivity contribution in [2.24, 2.45) is 0 Å². The summed E-state index contributed by atoms with van der Waals surface area (Å²) in [6.45, 7) is 2.15. The highest BCUT2D eigenvalue weighted by molar-refractivity contribution is 5.92. The van der Waals surface area contributed by atoms with Crippen LogP contribution in [0.5, 0.6) is 0 Å². The van der Waals surface area contributed by atoms with E-state index in [4.69, 9.17) is 4.74 Å². The van der Waals surface area contributed by atoms with E-state index >= 15 is 0 Å². The molecule has 6 heteroatoms. The number of nitrogens with zero attached hydrogens (tertiary/aromatic N) is 3. The molecule has 0 saturated carbocycles. The smallest absolute Gasteiger partial charge is 0.338 e. The minimum atomic E-state index is -0.318. The van der Waals surface area contributed by atoms with Crippen LogP contribution >= 0.6 is 0 Å². The standard InChI is InChI=1S/C19H16N4O2/c1-2-25-19(24)13-3-5-15(6-4-13)23-12-14(11-22-23)16-7-9-20-18-17(16)8-10-21-18/h3-12H,2H2,1H3,(H,20,21). The Bertz CT molecular complexity index is 1030. The molecule has 0 saturated heterocycles. The number of aromatic amines is 1. The largest absolute Gasteiger partial charge is 0.462 e. The number of nitrogens with one attached hydrogen (secondary N) is 1. The van der Waals surface area contributed by atoms with Crippen LogP contribution in [0.3, 0.4) is 0 Å². The maximum atomic E-state index is 11.7. The highest BCUT2D eigenvalue weighted by Crippen LogP contribution is 2.27. The first kappa shape index (κ1) is 15.1. The Hall–Kier alpha value is -3.41. The third kappa shape index (κ3) is 2.78.